The van der Waals surface area contributed by atoms with E-state index in [1.807, 2.05) is 0 Å². The molecule has 1 rings (SSSR count). The zero-order valence-corrected chi connectivity index (χ0v) is 10.1. The summed E-state index contributed by atoms with van der Waals surface area (Å²) in [5.74, 6) is 0.437. The van der Waals surface area contributed by atoms with E-state index < -0.39 is 0 Å². The van der Waals surface area contributed by atoms with Crippen LogP contribution in [0.15, 0.2) is 16.6 Å². The molecule has 3 nitrogen and oxygen atoms in total. The molecule has 76 valence electrons. The Kier molecular flexibility index (Phi) is 3.77. The molecule has 0 heterocycles. The number of rotatable bonds is 2. The molecule has 0 aliphatic heterocycles. The van der Waals surface area contributed by atoms with Gasteiger partial charge in [0.15, 0.2) is 0 Å². The van der Waals surface area contributed by atoms with Gasteiger partial charge in [-0.2, -0.15) is 0 Å². The number of benzene rings is 1. The van der Waals surface area contributed by atoms with Crippen LogP contribution in [0.3, 0.4) is 0 Å². The van der Waals surface area contributed by atoms with Gasteiger partial charge in [0.25, 0.3) is 0 Å². The van der Waals surface area contributed by atoms with E-state index in [9.17, 15) is 4.79 Å². The molecule has 1 aromatic carbocycles. The first-order chi connectivity index (χ1) is 6.54. The molecule has 1 aromatic rings. The largest absolute Gasteiger partial charge is 0.495 e. The second kappa shape index (κ2) is 4.66. The van der Waals surface area contributed by atoms with E-state index in [1.54, 1.807) is 12.1 Å². The number of ether oxygens (including phenoxy) is 1. The summed E-state index contributed by atoms with van der Waals surface area (Å²) in [5, 5.41) is 3.12. The number of methoxy groups -OCH3 is 1. The SMILES string of the molecule is COc1cc(NC(C)=O)cc(Cl)c1Br. The van der Waals surface area contributed by atoms with Crippen LogP contribution >= 0.6 is 27.5 Å². The van der Waals surface area contributed by atoms with Crippen molar-refractivity contribution in [3.63, 3.8) is 0 Å². The van der Waals surface area contributed by atoms with Crippen LogP contribution in [0.2, 0.25) is 5.02 Å². The van der Waals surface area contributed by atoms with Gasteiger partial charge in [-0.15, -0.1) is 0 Å². The normalized spacial score (nSPS) is 9.71. The predicted octanol–water partition coefficient (Wildman–Crippen LogP) is 3.07. The van der Waals surface area contributed by atoms with Gasteiger partial charge in [-0.05, 0) is 22.0 Å². The summed E-state index contributed by atoms with van der Waals surface area (Å²) in [6.07, 6.45) is 0. The first kappa shape index (κ1) is 11.3. The van der Waals surface area contributed by atoms with Gasteiger partial charge in [0.1, 0.15) is 5.75 Å². The Balaban J connectivity index is 3.09. The minimum atomic E-state index is -0.148. The van der Waals surface area contributed by atoms with E-state index in [0.29, 0.717) is 20.9 Å². The maximum atomic E-state index is 10.8. The first-order valence-electron chi connectivity index (χ1n) is 3.85. The minimum Gasteiger partial charge on any atom is -0.495 e. The van der Waals surface area contributed by atoms with Crippen molar-refractivity contribution in [1.82, 2.24) is 0 Å². The molecule has 0 saturated carbocycles. The fourth-order valence-corrected chi connectivity index (χ4v) is 1.59. The lowest BCUT2D eigenvalue weighted by atomic mass is 10.3. The summed E-state index contributed by atoms with van der Waals surface area (Å²) in [5.41, 5.74) is 0.613. The molecule has 0 spiro atoms. The molecule has 0 aliphatic carbocycles. The summed E-state index contributed by atoms with van der Waals surface area (Å²) in [6.45, 7) is 1.43. The number of anilines is 1. The number of carbonyl (C=O) groups excluding carboxylic acids is 1. The Morgan fingerprint density at radius 2 is 2.21 bits per heavy atom. The van der Waals surface area contributed by atoms with Gasteiger partial charge in [0.2, 0.25) is 5.91 Å². The van der Waals surface area contributed by atoms with Crippen LogP contribution in [0.4, 0.5) is 5.69 Å². The molecule has 1 N–H and O–H groups in total. The molecule has 14 heavy (non-hydrogen) atoms. The number of hydrogen-bond donors (Lipinski definition) is 1. The molecular formula is C9H9BrClNO2. The van der Waals surface area contributed by atoms with Crippen molar-refractivity contribution in [2.45, 2.75) is 6.92 Å². The predicted molar refractivity (Wildman–Crippen MR) is 60.0 cm³/mol. The van der Waals surface area contributed by atoms with E-state index in [1.165, 1.54) is 14.0 Å². The van der Waals surface area contributed by atoms with Gasteiger partial charge in [0.05, 0.1) is 16.6 Å². The number of halogens is 2. The number of nitrogens with one attached hydrogen (secondary N) is 1. The van der Waals surface area contributed by atoms with Crippen LogP contribution in [0.5, 0.6) is 5.75 Å². The molecule has 5 heteroatoms. The van der Waals surface area contributed by atoms with Crippen LogP contribution in [-0.4, -0.2) is 13.0 Å². The zero-order chi connectivity index (χ0) is 10.7. The van der Waals surface area contributed by atoms with Crippen LogP contribution in [-0.2, 0) is 4.79 Å². The van der Waals surface area contributed by atoms with Gasteiger partial charge in [-0.1, -0.05) is 11.6 Å². The van der Waals surface area contributed by atoms with Crippen LogP contribution in [0, 0.1) is 0 Å². The lowest BCUT2D eigenvalue weighted by Gasteiger charge is -2.08. The van der Waals surface area contributed by atoms with E-state index in [4.69, 9.17) is 16.3 Å². The first-order valence-corrected chi connectivity index (χ1v) is 5.02. The smallest absolute Gasteiger partial charge is 0.221 e. The molecular weight excluding hydrogens is 269 g/mol. The lowest BCUT2D eigenvalue weighted by Crippen LogP contribution is -2.05. The van der Waals surface area contributed by atoms with E-state index in [2.05, 4.69) is 21.2 Å². The van der Waals surface area contributed by atoms with Gasteiger partial charge in [-0.25, -0.2) is 0 Å². The third kappa shape index (κ3) is 2.62. The Bertz CT molecular complexity index is 368. The zero-order valence-electron chi connectivity index (χ0n) is 7.73. The van der Waals surface area contributed by atoms with Crippen LogP contribution < -0.4 is 10.1 Å². The average molecular weight is 279 g/mol. The highest BCUT2D eigenvalue weighted by Gasteiger charge is 2.07. The fourth-order valence-electron chi connectivity index (χ4n) is 0.988. The summed E-state index contributed by atoms with van der Waals surface area (Å²) >= 11 is 9.17. The average Bonchev–Trinajstić information content (AvgIpc) is 2.10. The van der Waals surface area contributed by atoms with Crippen LogP contribution in [0.1, 0.15) is 6.92 Å². The summed E-state index contributed by atoms with van der Waals surface area (Å²) in [4.78, 5) is 10.8. The van der Waals surface area contributed by atoms with Gasteiger partial charge in [0, 0.05) is 18.7 Å². The molecule has 0 fully saturated rings. The topological polar surface area (TPSA) is 38.3 Å². The van der Waals surface area contributed by atoms with Crippen LogP contribution in [0.25, 0.3) is 0 Å². The molecule has 0 unspecified atom stereocenters. The van der Waals surface area contributed by atoms with Crippen molar-refractivity contribution in [2.24, 2.45) is 0 Å². The van der Waals surface area contributed by atoms with Crippen molar-refractivity contribution in [3.8, 4) is 5.75 Å². The minimum absolute atomic E-state index is 0.148. The van der Waals surface area contributed by atoms with Crippen molar-refractivity contribution in [1.29, 1.82) is 0 Å². The molecule has 0 bridgehead atoms. The van der Waals surface area contributed by atoms with Gasteiger partial charge >= 0.3 is 0 Å². The van der Waals surface area contributed by atoms with Crippen molar-refractivity contribution < 1.29 is 9.53 Å². The van der Waals surface area contributed by atoms with Crippen molar-refractivity contribution >= 4 is 39.1 Å². The molecule has 0 radical (unpaired) electrons. The second-order valence-corrected chi connectivity index (χ2v) is 3.86. The van der Waals surface area contributed by atoms with Gasteiger partial charge < -0.3 is 10.1 Å². The number of carbonyl (C=O) groups is 1. The third-order valence-corrected chi connectivity index (χ3v) is 2.88. The quantitative estimate of drug-likeness (QED) is 0.903. The Morgan fingerprint density at radius 1 is 1.57 bits per heavy atom. The second-order valence-electron chi connectivity index (χ2n) is 2.66. The maximum Gasteiger partial charge on any atom is 0.221 e. The molecule has 1 amide bonds. The third-order valence-electron chi connectivity index (χ3n) is 1.54. The highest BCUT2D eigenvalue weighted by molar-refractivity contribution is 9.10. The summed E-state index contributed by atoms with van der Waals surface area (Å²) in [7, 11) is 1.54. The monoisotopic (exact) mass is 277 g/mol. The van der Waals surface area contributed by atoms with E-state index in [0.717, 1.165) is 0 Å². The standard InChI is InChI=1S/C9H9BrClNO2/c1-5(13)12-6-3-7(11)9(10)8(4-6)14-2/h3-4H,1-2H3,(H,12,13). The van der Waals surface area contributed by atoms with E-state index in [-0.39, 0.29) is 5.91 Å². The Hall–Kier alpha value is -0.740. The molecule has 0 saturated heterocycles. The lowest BCUT2D eigenvalue weighted by molar-refractivity contribution is -0.114. The fraction of sp³-hybridized carbons (Fsp3) is 0.222. The Labute approximate surface area is 95.5 Å². The highest BCUT2D eigenvalue weighted by atomic mass is 79.9. The highest BCUT2D eigenvalue weighted by Crippen LogP contribution is 2.35. The van der Waals surface area contributed by atoms with Crippen molar-refractivity contribution in [2.75, 3.05) is 12.4 Å². The Morgan fingerprint density at radius 3 is 2.71 bits per heavy atom. The van der Waals surface area contributed by atoms with E-state index >= 15 is 0 Å². The van der Waals surface area contributed by atoms with Gasteiger partial charge in [-0.3, -0.25) is 4.79 Å². The number of hydrogen-bond acceptors (Lipinski definition) is 2. The molecule has 0 aromatic heterocycles. The summed E-state index contributed by atoms with van der Waals surface area (Å²) in [6, 6.07) is 3.34. The maximum absolute atomic E-state index is 10.8. The summed E-state index contributed by atoms with van der Waals surface area (Å²) < 4.78 is 5.74. The molecule has 0 atom stereocenters. The number of amides is 1. The van der Waals surface area contributed by atoms with Crippen molar-refractivity contribution in [3.05, 3.63) is 21.6 Å². The molecule has 0 aliphatic rings.